The number of hydrogen-bond acceptors (Lipinski definition) is 3. The molecule has 0 aliphatic rings. The van der Waals surface area contributed by atoms with Crippen LogP contribution in [0.1, 0.15) is 29.6 Å². The lowest BCUT2D eigenvalue weighted by molar-refractivity contribution is -0.140. The first-order valence-electron chi connectivity index (χ1n) is 6.02. The highest BCUT2D eigenvalue weighted by Gasteiger charge is 2.22. The molecule has 0 spiro atoms. The fraction of sp³-hybridized carbons (Fsp3) is 0.308. The minimum atomic E-state index is -1.30. The van der Waals surface area contributed by atoms with Crippen molar-refractivity contribution in [2.75, 3.05) is 0 Å². The third-order valence-corrected chi connectivity index (χ3v) is 3.30. The maximum absolute atomic E-state index is 13.7. The Balaban J connectivity index is 2.74. The van der Waals surface area contributed by atoms with Gasteiger partial charge < -0.3 is 15.5 Å². The smallest absolute Gasteiger partial charge is 0.326 e. The van der Waals surface area contributed by atoms with E-state index in [4.69, 9.17) is 10.2 Å². The molecule has 0 saturated carbocycles. The Hall–Kier alpha value is -1.96. The Morgan fingerprint density at radius 2 is 1.95 bits per heavy atom. The van der Waals surface area contributed by atoms with Gasteiger partial charge in [-0.1, -0.05) is 6.07 Å². The molecule has 21 heavy (non-hydrogen) atoms. The molecular formula is C13H13BrFNO5. The van der Waals surface area contributed by atoms with Crippen LogP contribution >= 0.6 is 15.9 Å². The fourth-order valence-corrected chi connectivity index (χ4v) is 2.00. The molecular weight excluding hydrogens is 349 g/mol. The summed E-state index contributed by atoms with van der Waals surface area (Å²) in [5.74, 6) is -4.01. The topological polar surface area (TPSA) is 104 Å². The van der Waals surface area contributed by atoms with Gasteiger partial charge in [0.05, 0.1) is 10.0 Å². The highest BCUT2D eigenvalue weighted by atomic mass is 79.9. The molecule has 114 valence electrons. The van der Waals surface area contributed by atoms with E-state index in [0.717, 1.165) is 0 Å². The minimum absolute atomic E-state index is 0.0526. The molecule has 0 radical (unpaired) electrons. The molecule has 1 amide bonds. The Kier molecular flexibility index (Phi) is 6.29. The van der Waals surface area contributed by atoms with Crippen LogP contribution in [0.4, 0.5) is 4.39 Å². The van der Waals surface area contributed by atoms with Crippen LogP contribution in [0.5, 0.6) is 0 Å². The quantitative estimate of drug-likeness (QED) is 0.689. The molecule has 0 heterocycles. The average Bonchev–Trinajstić information content (AvgIpc) is 2.40. The summed E-state index contributed by atoms with van der Waals surface area (Å²) in [6, 6.07) is 2.82. The summed E-state index contributed by atoms with van der Waals surface area (Å²) in [6.07, 6.45) is -0.165. The van der Waals surface area contributed by atoms with Crippen molar-refractivity contribution in [1.29, 1.82) is 0 Å². The van der Waals surface area contributed by atoms with E-state index in [0.29, 0.717) is 0 Å². The van der Waals surface area contributed by atoms with Gasteiger partial charge >= 0.3 is 11.9 Å². The number of benzene rings is 1. The van der Waals surface area contributed by atoms with Crippen molar-refractivity contribution in [2.24, 2.45) is 0 Å². The number of carboxylic acids is 2. The lowest BCUT2D eigenvalue weighted by Crippen LogP contribution is -2.41. The van der Waals surface area contributed by atoms with Crippen molar-refractivity contribution < 1.29 is 29.0 Å². The monoisotopic (exact) mass is 361 g/mol. The van der Waals surface area contributed by atoms with Gasteiger partial charge in [0.25, 0.3) is 5.91 Å². The van der Waals surface area contributed by atoms with E-state index in [1.54, 1.807) is 0 Å². The molecule has 3 N–H and O–H groups in total. The normalized spacial score (nSPS) is 11.7. The Bertz CT molecular complexity index is 563. The number of halogens is 2. The third-order valence-electron chi connectivity index (χ3n) is 2.68. The summed E-state index contributed by atoms with van der Waals surface area (Å²) in [7, 11) is 0. The number of aliphatic carboxylic acids is 2. The average molecular weight is 362 g/mol. The molecule has 0 aliphatic carbocycles. The molecule has 1 aromatic rings. The molecule has 6 nitrogen and oxygen atoms in total. The van der Waals surface area contributed by atoms with Crippen LogP contribution in [-0.2, 0) is 9.59 Å². The summed E-state index contributed by atoms with van der Waals surface area (Å²) in [6.45, 7) is 0. The van der Waals surface area contributed by atoms with Crippen molar-refractivity contribution >= 4 is 33.8 Å². The fourth-order valence-electron chi connectivity index (χ4n) is 1.63. The second kappa shape index (κ2) is 7.72. The van der Waals surface area contributed by atoms with Gasteiger partial charge in [-0.15, -0.1) is 0 Å². The van der Waals surface area contributed by atoms with Crippen molar-refractivity contribution in [3.63, 3.8) is 0 Å². The first-order valence-corrected chi connectivity index (χ1v) is 6.81. The molecule has 0 saturated heterocycles. The third kappa shape index (κ3) is 5.14. The molecule has 8 heteroatoms. The number of rotatable bonds is 7. The van der Waals surface area contributed by atoms with E-state index in [-0.39, 0.29) is 29.3 Å². The Labute approximate surface area is 128 Å². The van der Waals surface area contributed by atoms with E-state index in [9.17, 15) is 18.8 Å². The van der Waals surface area contributed by atoms with Crippen LogP contribution in [0.3, 0.4) is 0 Å². The van der Waals surface area contributed by atoms with Gasteiger partial charge in [0.15, 0.2) is 0 Å². The SMILES string of the molecule is O=C(O)CCC[C@@H](NC(=O)c1cccc(Br)c1F)C(=O)O. The highest BCUT2D eigenvalue weighted by molar-refractivity contribution is 9.10. The zero-order chi connectivity index (χ0) is 16.0. The number of carbonyl (C=O) groups is 3. The molecule has 1 aromatic carbocycles. The zero-order valence-corrected chi connectivity index (χ0v) is 12.4. The molecule has 0 aromatic heterocycles. The van der Waals surface area contributed by atoms with E-state index >= 15 is 0 Å². The molecule has 0 aliphatic heterocycles. The first kappa shape index (κ1) is 17.1. The number of nitrogens with one attached hydrogen (secondary N) is 1. The summed E-state index contributed by atoms with van der Waals surface area (Å²) in [5, 5.41) is 19.7. The number of amides is 1. The second-order valence-corrected chi connectivity index (χ2v) is 5.11. The van der Waals surface area contributed by atoms with Gasteiger partial charge in [-0.3, -0.25) is 9.59 Å². The number of carboxylic acid groups (broad SMARTS) is 2. The molecule has 1 atom stereocenters. The molecule has 1 rings (SSSR count). The Morgan fingerprint density at radius 3 is 2.52 bits per heavy atom. The largest absolute Gasteiger partial charge is 0.481 e. The van der Waals surface area contributed by atoms with E-state index < -0.39 is 29.7 Å². The van der Waals surface area contributed by atoms with Gasteiger partial charge in [-0.2, -0.15) is 0 Å². The van der Waals surface area contributed by atoms with E-state index in [1.165, 1.54) is 18.2 Å². The number of carbonyl (C=O) groups excluding carboxylic acids is 1. The van der Waals surface area contributed by atoms with Crippen molar-refractivity contribution in [1.82, 2.24) is 5.32 Å². The van der Waals surface area contributed by atoms with Crippen LogP contribution in [0.15, 0.2) is 22.7 Å². The van der Waals surface area contributed by atoms with Crippen LogP contribution in [-0.4, -0.2) is 34.1 Å². The summed E-state index contributed by atoms with van der Waals surface area (Å²) in [5.41, 5.74) is -0.283. The first-order chi connectivity index (χ1) is 9.82. The van der Waals surface area contributed by atoms with Gasteiger partial charge in [0.2, 0.25) is 0 Å². The van der Waals surface area contributed by atoms with Gasteiger partial charge in [0.1, 0.15) is 11.9 Å². The standard InChI is InChI=1S/C13H13BrFNO5/c14-8-4-1-3-7(11(8)15)12(19)16-9(13(20)21)5-2-6-10(17)18/h1,3-4,9H,2,5-6H2,(H,16,19)(H,17,18)(H,20,21)/t9-/m1/s1. The maximum Gasteiger partial charge on any atom is 0.326 e. The Morgan fingerprint density at radius 1 is 1.29 bits per heavy atom. The minimum Gasteiger partial charge on any atom is -0.481 e. The predicted octanol–water partition coefficient (Wildman–Crippen LogP) is 2.03. The highest BCUT2D eigenvalue weighted by Crippen LogP contribution is 2.18. The van der Waals surface area contributed by atoms with Crippen molar-refractivity contribution in [3.05, 3.63) is 34.1 Å². The van der Waals surface area contributed by atoms with E-state index in [2.05, 4.69) is 21.2 Å². The zero-order valence-electron chi connectivity index (χ0n) is 10.8. The van der Waals surface area contributed by atoms with Gasteiger partial charge in [0, 0.05) is 6.42 Å². The predicted molar refractivity (Wildman–Crippen MR) is 74.5 cm³/mol. The van der Waals surface area contributed by atoms with Crippen LogP contribution in [0.2, 0.25) is 0 Å². The van der Waals surface area contributed by atoms with E-state index in [1.807, 2.05) is 0 Å². The number of hydrogen-bond donors (Lipinski definition) is 3. The van der Waals surface area contributed by atoms with Crippen molar-refractivity contribution in [2.45, 2.75) is 25.3 Å². The lowest BCUT2D eigenvalue weighted by Gasteiger charge is -2.14. The maximum atomic E-state index is 13.7. The van der Waals surface area contributed by atoms with Gasteiger partial charge in [-0.25, -0.2) is 9.18 Å². The molecule has 0 fully saturated rings. The van der Waals surface area contributed by atoms with Crippen LogP contribution < -0.4 is 5.32 Å². The molecule has 0 unspecified atom stereocenters. The van der Waals surface area contributed by atoms with Gasteiger partial charge in [-0.05, 0) is 40.9 Å². The summed E-state index contributed by atoms with van der Waals surface area (Å²) < 4.78 is 13.8. The molecule has 0 bridgehead atoms. The summed E-state index contributed by atoms with van der Waals surface area (Å²) >= 11 is 2.93. The van der Waals surface area contributed by atoms with Crippen LogP contribution in [0.25, 0.3) is 0 Å². The lowest BCUT2D eigenvalue weighted by atomic mass is 10.1. The second-order valence-electron chi connectivity index (χ2n) is 4.25. The van der Waals surface area contributed by atoms with Crippen LogP contribution in [0, 0.1) is 5.82 Å². The van der Waals surface area contributed by atoms with Crippen molar-refractivity contribution in [3.8, 4) is 0 Å². The summed E-state index contributed by atoms with van der Waals surface area (Å²) in [4.78, 5) is 33.3.